The van der Waals surface area contributed by atoms with E-state index in [1.54, 1.807) is 13.0 Å². The lowest BCUT2D eigenvalue weighted by molar-refractivity contribution is 0.620. The zero-order valence-electron chi connectivity index (χ0n) is 9.95. The summed E-state index contributed by atoms with van der Waals surface area (Å²) in [5, 5.41) is 3.05. The van der Waals surface area contributed by atoms with E-state index in [-0.39, 0.29) is 10.8 Å². The number of nitrogens with zero attached hydrogens (tertiary/aromatic N) is 2. The van der Waals surface area contributed by atoms with Crippen molar-refractivity contribution in [3.8, 4) is 0 Å². The molecule has 0 fully saturated rings. The quantitative estimate of drug-likeness (QED) is 0.840. The van der Waals surface area contributed by atoms with Crippen LogP contribution in [-0.2, 0) is 0 Å². The molecule has 4 nitrogen and oxygen atoms in total. The summed E-state index contributed by atoms with van der Waals surface area (Å²) in [4.78, 5) is 8.35. The highest BCUT2D eigenvalue weighted by Gasteiger charge is 2.11. The molecule has 0 bridgehead atoms. The Morgan fingerprint density at radius 3 is 2.74 bits per heavy atom. The smallest absolute Gasteiger partial charge is 0.159 e. The van der Waals surface area contributed by atoms with E-state index in [2.05, 4.69) is 31.2 Å². The van der Waals surface area contributed by atoms with E-state index in [1.165, 1.54) is 18.5 Å². The molecule has 1 aromatic carbocycles. The van der Waals surface area contributed by atoms with Crippen LogP contribution in [0.25, 0.3) is 0 Å². The fraction of sp³-hybridized carbons (Fsp3) is 0.0833. The van der Waals surface area contributed by atoms with Crippen LogP contribution in [0.3, 0.4) is 0 Å². The number of benzene rings is 1. The third-order valence-electron chi connectivity index (χ3n) is 2.45. The second kappa shape index (κ2) is 5.58. The van der Waals surface area contributed by atoms with Gasteiger partial charge in [0.2, 0.25) is 0 Å². The van der Waals surface area contributed by atoms with Gasteiger partial charge in [-0.3, -0.25) is 0 Å². The molecule has 2 rings (SSSR count). The Morgan fingerprint density at radius 2 is 2.05 bits per heavy atom. The van der Waals surface area contributed by atoms with E-state index < -0.39 is 0 Å². The van der Waals surface area contributed by atoms with E-state index in [0.29, 0.717) is 21.7 Å². The minimum absolute atomic E-state index is 0.148. The number of halogens is 2. The van der Waals surface area contributed by atoms with Crippen LogP contribution >= 0.6 is 28.1 Å². The van der Waals surface area contributed by atoms with Gasteiger partial charge in [-0.15, -0.1) is 0 Å². The van der Waals surface area contributed by atoms with Crippen LogP contribution in [0.15, 0.2) is 29.0 Å². The molecule has 0 atom stereocenters. The Bertz CT molecular complexity index is 648. The predicted octanol–water partition coefficient (Wildman–Crippen LogP) is 3.06. The number of aryl methyl sites for hydroxylation is 1. The topological polar surface area (TPSA) is 63.8 Å². The molecule has 0 aliphatic carbocycles. The number of hydrogen-bond donors (Lipinski definition) is 2. The molecular formula is C12H10BrFN4S. The molecule has 0 radical (unpaired) electrons. The van der Waals surface area contributed by atoms with Crippen LogP contribution in [0, 0.1) is 12.7 Å². The molecule has 19 heavy (non-hydrogen) atoms. The Morgan fingerprint density at radius 1 is 1.37 bits per heavy atom. The number of hydrogen-bond acceptors (Lipinski definition) is 4. The molecule has 0 aliphatic heterocycles. The number of rotatable bonds is 3. The second-order valence-electron chi connectivity index (χ2n) is 3.82. The number of nitrogens with two attached hydrogens (primary N) is 1. The minimum Gasteiger partial charge on any atom is -0.388 e. The van der Waals surface area contributed by atoms with Gasteiger partial charge in [0.05, 0.1) is 4.47 Å². The number of thiocarbonyl (C=S) groups is 1. The largest absolute Gasteiger partial charge is 0.388 e. The van der Waals surface area contributed by atoms with Gasteiger partial charge in [0, 0.05) is 18.1 Å². The Balaban J connectivity index is 2.42. The number of aromatic nitrogens is 2. The predicted molar refractivity (Wildman–Crippen MR) is 80.0 cm³/mol. The maximum atomic E-state index is 13.4. The highest BCUT2D eigenvalue weighted by molar-refractivity contribution is 9.10. The Hall–Kier alpha value is -1.60. The Labute approximate surface area is 123 Å². The molecule has 0 unspecified atom stereocenters. The van der Waals surface area contributed by atoms with Crippen molar-refractivity contribution in [2.24, 2.45) is 5.73 Å². The van der Waals surface area contributed by atoms with Crippen LogP contribution in [-0.4, -0.2) is 15.0 Å². The van der Waals surface area contributed by atoms with E-state index >= 15 is 0 Å². The molecule has 7 heteroatoms. The molecule has 0 aliphatic rings. The molecule has 3 N–H and O–H groups in total. The maximum Gasteiger partial charge on any atom is 0.159 e. The van der Waals surface area contributed by atoms with Crippen LogP contribution in [0.2, 0.25) is 0 Å². The fourth-order valence-electron chi connectivity index (χ4n) is 1.52. The molecule has 1 aromatic heterocycles. The summed E-state index contributed by atoms with van der Waals surface area (Å²) in [5.74, 6) is 0.119. The third kappa shape index (κ3) is 3.05. The van der Waals surface area contributed by atoms with Crippen LogP contribution in [0.4, 0.5) is 15.9 Å². The molecule has 0 amide bonds. The average molecular weight is 341 g/mol. The van der Waals surface area contributed by atoms with Crippen LogP contribution in [0.1, 0.15) is 11.3 Å². The van der Waals surface area contributed by atoms with Crippen molar-refractivity contribution in [1.82, 2.24) is 9.97 Å². The van der Waals surface area contributed by atoms with Gasteiger partial charge in [-0.05, 0) is 40.5 Å². The first kappa shape index (κ1) is 13.8. The van der Waals surface area contributed by atoms with Crippen molar-refractivity contribution in [1.29, 1.82) is 0 Å². The fourth-order valence-corrected chi connectivity index (χ4v) is 2.01. The van der Waals surface area contributed by atoms with Crippen molar-refractivity contribution in [2.45, 2.75) is 6.92 Å². The van der Waals surface area contributed by atoms with Gasteiger partial charge < -0.3 is 11.1 Å². The lowest BCUT2D eigenvalue weighted by Gasteiger charge is -2.12. The van der Waals surface area contributed by atoms with Crippen molar-refractivity contribution in [2.75, 3.05) is 5.32 Å². The van der Waals surface area contributed by atoms with Crippen molar-refractivity contribution in [3.05, 3.63) is 46.1 Å². The second-order valence-corrected chi connectivity index (χ2v) is 5.12. The number of nitrogens with one attached hydrogen (secondary N) is 1. The first-order valence-corrected chi connectivity index (χ1v) is 6.52. The van der Waals surface area contributed by atoms with E-state index in [0.717, 1.165) is 5.56 Å². The van der Waals surface area contributed by atoms with Gasteiger partial charge in [-0.1, -0.05) is 12.2 Å². The van der Waals surface area contributed by atoms with Gasteiger partial charge in [-0.2, -0.15) is 0 Å². The first-order valence-electron chi connectivity index (χ1n) is 5.32. The summed E-state index contributed by atoms with van der Waals surface area (Å²) in [6.45, 7) is 1.79. The monoisotopic (exact) mass is 340 g/mol. The highest BCUT2D eigenvalue weighted by Crippen LogP contribution is 2.27. The van der Waals surface area contributed by atoms with Crippen LogP contribution < -0.4 is 11.1 Å². The molecule has 98 valence electrons. The number of anilines is 2. The summed E-state index contributed by atoms with van der Waals surface area (Å²) < 4.78 is 13.7. The van der Waals surface area contributed by atoms with E-state index in [1.807, 2.05) is 0 Å². The van der Waals surface area contributed by atoms with Gasteiger partial charge in [0.1, 0.15) is 16.5 Å². The molecule has 0 spiro atoms. The van der Waals surface area contributed by atoms with Gasteiger partial charge in [0.15, 0.2) is 5.82 Å². The summed E-state index contributed by atoms with van der Waals surface area (Å²) >= 11 is 8.05. The molecule has 1 heterocycles. The molecule has 0 saturated heterocycles. The maximum absolute atomic E-state index is 13.4. The third-order valence-corrected chi connectivity index (χ3v) is 3.25. The summed E-state index contributed by atoms with van der Waals surface area (Å²) in [6.07, 6.45) is 3.03. The average Bonchev–Trinajstić information content (AvgIpc) is 2.36. The molecule has 0 saturated carbocycles. The SMILES string of the molecule is Cc1cc(F)c(Br)cc1Nc1nccnc1C(N)=S. The van der Waals surface area contributed by atoms with E-state index in [4.69, 9.17) is 18.0 Å². The van der Waals surface area contributed by atoms with Gasteiger partial charge in [-0.25, -0.2) is 14.4 Å². The summed E-state index contributed by atoms with van der Waals surface area (Å²) in [6, 6.07) is 3.05. The first-order chi connectivity index (χ1) is 8.99. The van der Waals surface area contributed by atoms with Gasteiger partial charge in [0.25, 0.3) is 0 Å². The summed E-state index contributed by atoms with van der Waals surface area (Å²) in [7, 11) is 0. The zero-order valence-corrected chi connectivity index (χ0v) is 12.3. The Kier molecular flexibility index (Phi) is 4.06. The normalized spacial score (nSPS) is 10.3. The van der Waals surface area contributed by atoms with Crippen molar-refractivity contribution >= 4 is 44.6 Å². The highest BCUT2D eigenvalue weighted by atomic mass is 79.9. The van der Waals surface area contributed by atoms with Gasteiger partial charge >= 0.3 is 0 Å². The molecule has 2 aromatic rings. The van der Waals surface area contributed by atoms with Crippen molar-refractivity contribution in [3.63, 3.8) is 0 Å². The lowest BCUT2D eigenvalue weighted by Crippen LogP contribution is -2.15. The lowest BCUT2D eigenvalue weighted by atomic mass is 10.2. The molecular weight excluding hydrogens is 331 g/mol. The van der Waals surface area contributed by atoms with E-state index in [9.17, 15) is 4.39 Å². The summed E-state index contributed by atoms with van der Waals surface area (Å²) in [5.41, 5.74) is 7.42. The zero-order chi connectivity index (χ0) is 14.0. The minimum atomic E-state index is -0.322. The van der Waals surface area contributed by atoms with Crippen LogP contribution in [0.5, 0.6) is 0 Å². The standard InChI is InChI=1S/C12H10BrFN4S/c1-6-4-8(14)7(13)5-9(6)18-12-10(11(15)19)16-2-3-17-12/h2-5H,1H3,(H2,15,19)(H,17,18). The van der Waals surface area contributed by atoms with Crippen molar-refractivity contribution < 1.29 is 4.39 Å².